The third-order valence-corrected chi connectivity index (χ3v) is 5.65. The summed E-state index contributed by atoms with van der Waals surface area (Å²) in [5.74, 6) is 1.69. The van der Waals surface area contributed by atoms with Crippen molar-refractivity contribution in [3.8, 4) is 5.75 Å². The van der Waals surface area contributed by atoms with Crippen molar-refractivity contribution in [2.24, 2.45) is 0 Å². The Morgan fingerprint density at radius 1 is 1.29 bits per heavy atom. The first-order valence-electron chi connectivity index (χ1n) is 7.04. The fraction of sp³-hybridized carbons (Fsp3) is 0.600. The number of thioether (sulfide) groups is 1. The second kappa shape index (κ2) is 8.66. The van der Waals surface area contributed by atoms with E-state index in [0.29, 0.717) is 11.0 Å². The Hall–Kier alpha value is -0.720. The third kappa shape index (κ3) is 6.72. The highest BCUT2D eigenvalue weighted by atomic mass is 32.2. The molecule has 0 amide bonds. The van der Waals surface area contributed by atoms with Gasteiger partial charge in [0, 0.05) is 23.3 Å². The maximum absolute atomic E-state index is 11.2. The first kappa shape index (κ1) is 18.3. The Morgan fingerprint density at radius 3 is 2.38 bits per heavy atom. The Labute approximate surface area is 132 Å². The van der Waals surface area contributed by atoms with Gasteiger partial charge in [0.15, 0.2) is 0 Å². The minimum Gasteiger partial charge on any atom is -0.497 e. The van der Waals surface area contributed by atoms with E-state index in [9.17, 15) is 8.42 Å². The van der Waals surface area contributed by atoms with Crippen LogP contribution in [0.1, 0.15) is 25.5 Å². The fourth-order valence-corrected chi connectivity index (χ4v) is 4.48. The lowest BCUT2D eigenvalue weighted by Crippen LogP contribution is -2.29. The van der Waals surface area contributed by atoms with Gasteiger partial charge in [-0.1, -0.05) is 26.0 Å². The van der Waals surface area contributed by atoms with Crippen LogP contribution >= 0.6 is 11.8 Å². The molecule has 0 aliphatic heterocycles. The monoisotopic (exact) mass is 331 g/mol. The van der Waals surface area contributed by atoms with Gasteiger partial charge in [0.1, 0.15) is 15.6 Å². The van der Waals surface area contributed by atoms with Crippen LogP contribution in [0.2, 0.25) is 0 Å². The number of nitrogens with one attached hydrogen (secondary N) is 1. The molecule has 0 aliphatic rings. The van der Waals surface area contributed by atoms with Gasteiger partial charge in [-0.05, 0) is 24.2 Å². The largest absolute Gasteiger partial charge is 0.497 e. The van der Waals surface area contributed by atoms with Crippen LogP contribution in [-0.4, -0.2) is 45.1 Å². The quantitative estimate of drug-likeness (QED) is 0.753. The minimum absolute atomic E-state index is 0.200. The third-order valence-electron chi connectivity index (χ3n) is 3.20. The van der Waals surface area contributed by atoms with Gasteiger partial charge >= 0.3 is 0 Å². The zero-order valence-corrected chi connectivity index (χ0v) is 14.8. The molecule has 0 aromatic heterocycles. The van der Waals surface area contributed by atoms with Crippen molar-refractivity contribution in [1.82, 2.24) is 5.32 Å². The SMILES string of the molecule is CCNC(c1ccc(OC)cc1)C(C)SCCS(C)(=O)=O. The predicted molar refractivity (Wildman–Crippen MR) is 91.0 cm³/mol. The molecular formula is C15H25NO3S2. The van der Waals surface area contributed by atoms with Crippen LogP contribution in [0.3, 0.4) is 0 Å². The van der Waals surface area contributed by atoms with Crippen molar-refractivity contribution in [2.45, 2.75) is 25.1 Å². The lowest BCUT2D eigenvalue weighted by Gasteiger charge is -2.25. The van der Waals surface area contributed by atoms with Gasteiger partial charge in [0.05, 0.1) is 12.9 Å². The van der Waals surface area contributed by atoms with Crippen molar-refractivity contribution in [3.63, 3.8) is 0 Å². The lowest BCUT2D eigenvalue weighted by molar-refractivity contribution is 0.414. The van der Waals surface area contributed by atoms with Crippen molar-refractivity contribution >= 4 is 21.6 Å². The molecule has 0 heterocycles. The molecule has 120 valence electrons. The van der Waals surface area contributed by atoms with E-state index in [1.165, 1.54) is 11.8 Å². The van der Waals surface area contributed by atoms with Gasteiger partial charge in [-0.25, -0.2) is 8.42 Å². The van der Waals surface area contributed by atoms with E-state index in [4.69, 9.17) is 4.74 Å². The van der Waals surface area contributed by atoms with Crippen LogP contribution < -0.4 is 10.1 Å². The number of rotatable bonds is 9. The van der Waals surface area contributed by atoms with Crippen molar-refractivity contribution < 1.29 is 13.2 Å². The highest BCUT2D eigenvalue weighted by Gasteiger charge is 2.19. The Morgan fingerprint density at radius 2 is 1.90 bits per heavy atom. The molecule has 0 bridgehead atoms. The second-order valence-electron chi connectivity index (χ2n) is 5.01. The second-order valence-corrected chi connectivity index (χ2v) is 8.76. The smallest absolute Gasteiger partial charge is 0.148 e. The number of sulfone groups is 1. The molecule has 1 rings (SSSR count). The fourth-order valence-electron chi connectivity index (χ4n) is 2.07. The zero-order valence-electron chi connectivity index (χ0n) is 13.1. The van der Waals surface area contributed by atoms with Crippen LogP contribution in [0.4, 0.5) is 0 Å². The summed E-state index contributed by atoms with van der Waals surface area (Å²) in [5.41, 5.74) is 1.19. The molecule has 1 aromatic rings. The predicted octanol–water partition coefficient (Wildman–Crippen LogP) is 2.51. The summed E-state index contributed by atoms with van der Waals surface area (Å²) >= 11 is 1.68. The standard InChI is InChI=1S/C15H25NO3S2/c1-5-16-15(12(2)20-10-11-21(4,17)18)13-6-8-14(19-3)9-7-13/h6-9,12,15-16H,5,10-11H2,1-4H3. The van der Waals surface area contributed by atoms with Gasteiger partial charge < -0.3 is 10.1 Å². The number of hydrogen-bond acceptors (Lipinski definition) is 5. The normalized spacial score (nSPS) is 14.7. The van der Waals surface area contributed by atoms with E-state index < -0.39 is 9.84 Å². The summed E-state index contributed by atoms with van der Waals surface area (Å²) < 4.78 is 27.6. The number of methoxy groups -OCH3 is 1. The van der Waals surface area contributed by atoms with Crippen LogP contribution in [0.5, 0.6) is 5.75 Å². The first-order valence-corrected chi connectivity index (χ1v) is 10.1. The molecule has 0 saturated heterocycles. The van der Waals surface area contributed by atoms with Crippen LogP contribution in [0.25, 0.3) is 0 Å². The number of benzene rings is 1. The van der Waals surface area contributed by atoms with Crippen LogP contribution in [0, 0.1) is 0 Å². The molecule has 0 radical (unpaired) electrons. The Bertz CT molecular complexity index is 514. The van der Waals surface area contributed by atoms with Gasteiger partial charge in [0.25, 0.3) is 0 Å². The molecule has 0 fully saturated rings. The van der Waals surface area contributed by atoms with Crippen molar-refractivity contribution in [1.29, 1.82) is 0 Å². The topological polar surface area (TPSA) is 55.4 Å². The molecule has 0 aliphatic carbocycles. The molecule has 1 N–H and O–H groups in total. The maximum atomic E-state index is 11.2. The van der Waals surface area contributed by atoms with Crippen LogP contribution in [0.15, 0.2) is 24.3 Å². The zero-order chi connectivity index (χ0) is 15.9. The van der Waals surface area contributed by atoms with E-state index in [-0.39, 0.29) is 11.8 Å². The molecule has 2 unspecified atom stereocenters. The van der Waals surface area contributed by atoms with Gasteiger partial charge in [-0.2, -0.15) is 11.8 Å². The van der Waals surface area contributed by atoms with Gasteiger partial charge in [-0.15, -0.1) is 0 Å². The van der Waals surface area contributed by atoms with Gasteiger partial charge in [-0.3, -0.25) is 0 Å². The van der Waals surface area contributed by atoms with Crippen molar-refractivity contribution in [3.05, 3.63) is 29.8 Å². The molecular weight excluding hydrogens is 306 g/mol. The molecule has 2 atom stereocenters. The average Bonchev–Trinajstić information content (AvgIpc) is 2.43. The first-order chi connectivity index (χ1) is 9.87. The average molecular weight is 332 g/mol. The summed E-state index contributed by atoms with van der Waals surface area (Å²) in [6.07, 6.45) is 1.28. The highest BCUT2D eigenvalue weighted by molar-refractivity contribution is 8.01. The molecule has 4 nitrogen and oxygen atoms in total. The summed E-state index contributed by atoms with van der Waals surface area (Å²) in [6.45, 7) is 5.07. The van der Waals surface area contributed by atoms with Crippen molar-refractivity contribution in [2.75, 3.05) is 31.4 Å². The Kier molecular flexibility index (Phi) is 7.56. The summed E-state index contributed by atoms with van der Waals surface area (Å²) in [7, 11) is -1.24. The van der Waals surface area contributed by atoms with Gasteiger partial charge in [0.2, 0.25) is 0 Å². The maximum Gasteiger partial charge on any atom is 0.148 e. The van der Waals surface area contributed by atoms with E-state index in [1.54, 1.807) is 18.9 Å². The lowest BCUT2D eigenvalue weighted by atomic mass is 10.0. The molecule has 0 saturated carbocycles. The summed E-state index contributed by atoms with van der Waals surface area (Å²) in [5, 5.41) is 3.76. The Balaban J connectivity index is 2.70. The number of hydrogen-bond donors (Lipinski definition) is 1. The summed E-state index contributed by atoms with van der Waals surface area (Å²) in [6, 6.07) is 8.21. The molecule has 21 heavy (non-hydrogen) atoms. The van der Waals surface area contributed by atoms with E-state index >= 15 is 0 Å². The van der Waals surface area contributed by atoms with Crippen LogP contribution in [-0.2, 0) is 9.84 Å². The number of ether oxygens (including phenoxy) is 1. The molecule has 0 spiro atoms. The minimum atomic E-state index is -2.89. The summed E-state index contributed by atoms with van der Waals surface area (Å²) in [4.78, 5) is 0. The van der Waals surface area contributed by atoms with E-state index in [0.717, 1.165) is 12.3 Å². The molecule has 1 aromatic carbocycles. The highest BCUT2D eigenvalue weighted by Crippen LogP contribution is 2.27. The van der Waals surface area contributed by atoms with E-state index in [2.05, 4.69) is 31.3 Å². The molecule has 6 heteroatoms. The van der Waals surface area contributed by atoms with E-state index in [1.807, 2.05) is 12.1 Å².